The standard InChI is InChI=1S/C15H22O2S/c1-6-18-10-13(16)12-9-11(15(2,3)4)7-8-14(12)17-5/h7-9H,6,10H2,1-5H3. The van der Waals surface area contributed by atoms with Gasteiger partial charge in [-0.1, -0.05) is 33.8 Å². The van der Waals surface area contributed by atoms with E-state index < -0.39 is 0 Å². The summed E-state index contributed by atoms with van der Waals surface area (Å²) in [6, 6.07) is 5.89. The Labute approximate surface area is 114 Å². The molecule has 0 aliphatic carbocycles. The summed E-state index contributed by atoms with van der Waals surface area (Å²) in [5.74, 6) is 2.28. The van der Waals surface area contributed by atoms with E-state index in [1.54, 1.807) is 18.9 Å². The number of rotatable bonds is 5. The molecule has 0 amide bonds. The highest BCUT2D eigenvalue weighted by Crippen LogP contribution is 2.28. The fourth-order valence-electron chi connectivity index (χ4n) is 1.66. The van der Waals surface area contributed by atoms with E-state index in [-0.39, 0.29) is 11.2 Å². The molecule has 2 nitrogen and oxygen atoms in total. The molecule has 0 aromatic heterocycles. The molecule has 0 N–H and O–H groups in total. The van der Waals surface area contributed by atoms with Crippen LogP contribution in [0.2, 0.25) is 0 Å². The lowest BCUT2D eigenvalue weighted by Crippen LogP contribution is -2.13. The van der Waals surface area contributed by atoms with Crippen LogP contribution in [-0.4, -0.2) is 24.4 Å². The van der Waals surface area contributed by atoms with E-state index in [0.29, 0.717) is 17.1 Å². The number of methoxy groups -OCH3 is 1. The van der Waals surface area contributed by atoms with Crippen LogP contribution in [-0.2, 0) is 5.41 Å². The van der Waals surface area contributed by atoms with E-state index in [1.165, 1.54) is 0 Å². The topological polar surface area (TPSA) is 26.3 Å². The van der Waals surface area contributed by atoms with Gasteiger partial charge >= 0.3 is 0 Å². The molecular weight excluding hydrogens is 244 g/mol. The van der Waals surface area contributed by atoms with Crippen LogP contribution in [0.25, 0.3) is 0 Å². The maximum absolute atomic E-state index is 12.2. The maximum atomic E-state index is 12.2. The predicted molar refractivity (Wildman–Crippen MR) is 79.0 cm³/mol. The number of carbonyl (C=O) groups is 1. The van der Waals surface area contributed by atoms with Crippen molar-refractivity contribution >= 4 is 17.5 Å². The zero-order chi connectivity index (χ0) is 13.8. The Morgan fingerprint density at radius 2 is 2.00 bits per heavy atom. The summed E-state index contributed by atoms with van der Waals surface area (Å²) < 4.78 is 5.28. The number of carbonyl (C=O) groups excluding carboxylic acids is 1. The number of Topliss-reactive ketones (excluding diaryl/α,β-unsaturated/α-hetero) is 1. The number of ether oxygens (including phenoxy) is 1. The van der Waals surface area contributed by atoms with Gasteiger partial charge in [-0.3, -0.25) is 4.79 Å². The second kappa shape index (κ2) is 6.28. The van der Waals surface area contributed by atoms with Gasteiger partial charge in [0.1, 0.15) is 5.75 Å². The van der Waals surface area contributed by atoms with Crippen molar-refractivity contribution in [2.24, 2.45) is 0 Å². The lowest BCUT2D eigenvalue weighted by atomic mass is 9.85. The van der Waals surface area contributed by atoms with Crippen LogP contribution in [0.3, 0.4) is 0 Å². The second-order valence-corrected chi connectivity index (χ2v) is 6.50. The average molecular weight is 266 g/mol. The van der Waals surface area contributed by atoms with Crippen LogP contribution in [0, 0.1) is 0 Å². The van der Waals surface area contributed by atoms with Crippen molar-refractivity contribution in [1.29, 1.82) is 0 Å². The molecule has 0 saturated heterocycles. The first kappa shape index (κ1) is 15.1. The molecule has 100 valence electrons. The molecule has 0 bridgehead atoms. The van der Waals surface area contributed by atoms with Crippen molar-refractivity contribution in [3.8, 4) is 5.75 Å². The Morgan fingerprint density at radius 3 is 2.50 bits per heavy atom. The van der Waals surface area contributed by atoms with Gasteiger partial charge in [0.2, 0.25) is 0 Å². The second-order valence-electron chi connectivity index (χ2n) is 5.23. The van der Waals surface area contributed by atoms with E-state index >= 15 is 0 Å². The molecule has 0 aliphatic heterocycles. The first-order valence-corrected chi connectivity index (χ1v) is 7.35. The van der Waals surface area contributed by atoms with Gasteiger partial charge in [0, 0.05) is 0 Å². The van der Waals surface area contributed by atoms with Crippen LogP contribution in [0.1, 0.15) is 43.6 Å². The molecule has 1 aromatic rings. The lowest BCUT2D eigenvalue weighted by Gasteiger charge is -2.20. The summed E-state index contributed by atoms with van der Waals surface area (Å²) in [5, 5.41) is 0. The van der Waals surface area contributed by atoms with E-state index in [0.717, 1.165) is 11.3 Å². The SMILES string of the molecule is CCSCC(=O)c1cc(C(C)(C)C)ccc1OC. The zero-order valence-corrected chi connectivity index (χ0v) is 12.7. The molecule has 1 aromatic carbocycles. The normalized spacial score (nSPS) is 11.4. The summed E-state index contributed by atoms with van der Waals surface area (Å²) in [5.41, 5.74) is 1.90. The molecule has 0 heterocycles. The van der Waals surface area contributed by atoms with E-state index in [2.05, 4.69) is 27.7 Å². The molecule has 0 saturated carbocycles. The third-order valence-electron chi connectivity index (χ3n) is 2.80. The van der Waals surface area contributed by atoms with Crippen molar-refractivity contribution in [3.63, 3.8) is 0 Å². The Morgan fingerprint density at radius 1 is 1.33 bits per heavy atom. The Bertz CT molecular complexity index is 419. The molecular formula is C15H22O2S. The summed E-state index contributed by atoms with van der Waals surface area (Å²) in [7, 11) is 1.61. The minimum absolute atomic E-state index is 0.0409. The summed E-state index contributed by atoms with van der Waals surface area (Å²) in [6.07, 6.45) is 0. The van der Waals surface area contributed by atoms with E-state index in [1.807, 2.05) is 18.2 Å². The van der Waals surface area contributed by atoms with Gasteiger partial charge in [0.15, 0.2) is 5.78 Å². The van der Waals surface area contributed by atoms with Crippen LogP contribution in [0.5, 0.6) is 5.75 Å². The molecule has 0 fully saturated rings. The zero-order valence-electron chi connectivity index (χ0n) is 11.9. The van der Waals surface area contributed by atoms with Gasteiger partial charge in [-0.25, -0.2) is 0 Å². The molecule has 18 heavy (non-hydrogen) atoms. The van der Waals surface area contributed by atoms with Crippen molar-refractivity contribution in [1.82, 2.24) is 0 Å². The van der Waals surface area contributed by atoms with Crippen LogP contribution in [0.15, 0.2) is 18.2 Å². The minimum Gasteiger partial charge on any atom is -0.496 e. The van der Waals surface area contributed by atoms with E-state index in [4.69, 9.17) is 4.74 Å². The quantitative estimate of drug-likeness (QED) is 0.755. The van der Waals surface area contributed by atoms with Crippen molar-refractivity contribution in [2.75, 3.05) is 18.6 Å². The maximum Gasteiger partial charge on any atom is 0.176 e. The third-order valence-corrected chi connectivity index (χ3v) is 3.68. The van der Waals surface area contributed by atoms with Gasteiger partial charge in [-0.15, -0.1) is 0 Å². The Balaban J connectivity index is 3.10. The highest BCUT2D eigenvalue weighted by atomic mass is 32.2. The predicted octanol–water partition coefficient (Wildman–Crippen LogP) is 3.93. The molecule has 0 radical (unpaired) electrons. The van der Waals surface area contributed by atoms with Crippen LogP contribution >= 0.6 is 11.8 Å². The van der Waals surface area contributed by atoms with E-state index in [9.17, 15) is 4.79 Å². The van der Waals surface area contributed by atoms with Crippen molar-refractivity contribution < 1.29 is 9.53 Å². The molecule has 1 rings (SSSR count). The Kier molecular flexibility index (Phi) is 5.27. The average Bonchev–Trinajstić information content (AvgIpc) is 2.34. The first-order chi connectivity index (χ1) is 8.40. The van der Waals surface area contributed by atoms with Gasteiger partial charge in [0.05, 0.1) is 18.4 Å². The highest BCUT2D eigenvalue weighted by molar-refractivity contribution is 7.99. The van der Waals surface area contributed by atoms with Crippen LogP contribution < -0.4 is 4.74 Å². The molecule has 0 unspecified atom stereocenters. The molecule has 0 atom stereocenters. The largest absolute Gasteiger partial charge is 0.496 e. The number of hydrogen-bond donors (Lipinski definition) is 0. The van der Waals surface area contributed by atoms with Gasteiger partial charge in [-0.05, 0) is 28.9 Å². The van der Waals surface area contributed by atoms with Crippen molar-refractivity contribution in [3.05, 3.63) is 29.3 Å². The summed E-state index contributed by atoms with van der Waals surface area (Å²) >= 11 is 1.64. The first-order valence-electron chi connectivity index (χ1n) is 6.19. The summed E-state index contributed by atoms with van der Waals surface area (Å²) in [6.45, 7) is 8.48. The Hall–Kier alpha value is -0.960. The van der Waals surface area contributed by atoms with Gasteiger partial charge in [0.25, 0.3) is 0 Å². The lowest BCUT2D eigenvalue weighted by molar-refractivity contribution is 0.101. The minimum atomic E-state index is 0.0409. The monoisotopic (exact) mass is 266 g/mol. The number of hydrogen-bond acceptors (Lipinski definition) is 3. The van der Waals surface area contributed by atoms with Gasteiger partial charge < -0.3 is 4.74 Å². The number of ketones is 1. The molecule has 0 spiro atoms. The molecule has 3 heteroatoms. The third kappa shape index (κ3) is 3.77. The number of thioether (sulfide) groups is 1. The highest BCUT2D eigenvalue weighted by Gasteiger charge is 2.18. The fourth-order valence-corrected chi connectivity index (χ4v) is 2.21. The fraction of sp³-hybridized carbons (Fsp3) is 0.533. The smallest absolute Gasteiger partial charge is 0.176 e. The number of benzene rings is 1. The summed E-state index contributed by atoms with van der Waals surface area (Å²) in [4.78, 5) is 12.2. The van der Waals surface area contributed by atoms with Crippen molar-refractivity contribution in [2.45, 2.75) is 33.1 Å². The van der Waals surface area contributed by atoms with Crippen LogP contribution in [0.4, 0.5) is 0 Å². The molecule has 0 aliphatic rings. The van der Waals surface area contributed by atoms with Gasteiger partial charge in [-0.2, -0.15) is 11.8 Å².